The molecule has 9 nitrogen and oxygen atoms in total. The van der Waals surface area contributed by atoms with Gasteiger partial charge in [-0.1, -0.05) is 0 Å². The fourth-order valence-corrected chi connectivity index (χ4v) is 4.03. The SMILES string of the molecule is CCOCC(C=O)CCNc1cc(Nc2ncc(C(=O)N3CCCCC3)cc2OCI)ccn1. The maximum atomic E-state index is 12.9. The third kappa shape index (κ3) is 7.79. The summed E-state index contributed by atoms with van der Waals surface area (Å²) in [4.78, 5) is 34.7. The van der Waals surface area contributed by atoms with E-state index in [0.29, 0.717) is 53.7 Å². The Labute approximate surface area is 214 Å². The molecule has 1 aliphatic heterocycles. The van der Waals surface area contributed by atoms with Crippen molar-refractivity contribution in [3.05, 3.63) is 36.2 Å². The average Bonchev–Trinajstić information content (AvgIpc) is 2.87. The van der Waals surface area contributed by atoms with Gasteiger partial charge in [0.15, 0.2) is 11.6 Å². The molecule has 0 saturated carbocycles. The van der Waals surface area contributed by atoms with Crippen LogP contribution in [0.4, 0.5) is 17.3 Å². The highest BCUT2D eigenvalue weighted by atomic mass is 127. The summed E-state index contributed by atoms with van der Waals surface area (Å²) in [6, 6.07) is 5.45. The second kappa shape index (κ2) is 14.1. The second-order valence-electron chi connectivity index (χ2n) is 8.00. The number of aldehydes is 1. The Bertz CT molecular complexity index is 939. The molecule has 0 spiro atoms. The standard InChI is InChI=1S/C24H32IN5O4/c1-2-33-16-18(15-31)6-8-26-22-13-20(7-9-27-22)29-23-21(34-17-25)12-19(14-28-23)24(32)30-10-4-3-5-11-30/h7,9,12-15,18H,2-6,8,10-11,16-17H2,1H3,(H2,26,27,28,29). The lowest BCUT2D eigenvalue weighted by Gasteiger charge is -2.26. The summed E-state index contributed by atoms with van der Waals surface area (Å²) in [7, 11) is 0. The van der Waals surface area contributed by atoms with E-state index in [2.05, 4.69) is 43.2 Å². The monoisotopic (exact) mass is 581 g/mol. The van der Waals surface area contributed by atoms with Crippen LogP contribution in [0.2, 0.25) is 0 Å². The first-order valence-electron chi connectivity index (χ1n) is 11.6. The normalized spacial score (nSPS) is 14.4. The third-order valence-corrected chi connectivity index (χ3v) is 5.84. The number of carbonyl (C=O) groups is 2. The van der Waals surface area contributed by atoms with Crippen molar-refractivity contribution in [2.75, 3.05) is 48.1 Å². The Hall–Kier alpha value is -2.47. The minimum Gasteiger partial charge on any atom is -0.479 e. The molecule has 1 fully saturated rings. The highest BCUT2D eigenvalue weighted by Gasteiger charge is 2.20. The molecule has 0 aromatic carbocycles. The van der Waals surface area contributed by atoms with Gasteiger partial charge in [0.1, 0.15) is 16.7 Å². The fourth-order valence-electron chi connectivity index (χ4n) is 3.69. The number of hydrogen-bond donors (Lipinski definition) is 2. The van der Waals surface area contributed by atoms with Crippen LogP contribution in [0.25, 0.3) is 0 Å². The molecular formula is C24H32IN5O4. The van der Waals surface area contributed by atoms with E-state index in [1.165, 1.54) is 6.42 Å². The topological polar surface area (TPSA) is 106 Å². The Balaban J connectivity index is 1.64. The number of hydrogen-bond acceptors (Lipinski definition) is 8. The van der Waals surface area contributed by atoms with Crippen LogP contribution in [0.5, 0.6) is 5.75 Å². The van der Waals surface area contributed by atoms with E-state index in [4.69, 9.17) is 9.47 Å². The molecular weight excluding hydrogens is 549 g/mol. The Morgan fingerprint density at radius 3 is 2.82 bits per heavy atom. The van der Waals surface area contributed by atoms with Crippen LogP contribution in [0.1, 0.15) is 43.0 Å². The number of anilines is 3. The third-order valence-electron chi connectivity index (χ3n) is 5.53. The smallest absolute Gasteiger partial charge is 0.255 e. The quantitative estimate of drug-likeness (QED) is 0.205. The molecule has 1 saturated heterocycles. The van der Waals surface area contributed by atoms with Crippen LogP contribution in [-0.4, -0.2) is 64.5 Å². The largest absolute Gasteiger partial charge is 0.479 e. The highest BCUT2D eigenvalue weighted by molar-refractivity contribution is 14.1. The van der Waals surface area contributed by atoms with E-state index in [1.807, 2.05) is 24.0 Å². The van der Waals surface area contributed by atoms with Crippen molar-refractivity contribution < 1.29 is 19.1 Å². The molecule has 34 heavy (non-hydrogen) atoms. The zero-order valence-corrected chi connectivity index (χ0v) is 21.6. The predicted molar refractivity (Wildman–Crippen MR) is 140 cm³/mol. The summed E-state index contributed by atoms with van der Waals surface area (Å²) in [5.41, 5.74) is 1.31. The molecule has 184 valence electrons. The molecule has 1 amide bonds. The van der Waals surface area contributed by atoms with Crippen molar-refractivity contribution >= 4 is 52.1 Å². The van der Waals surface area contributed by atoms with Crippen LogP contribution < -0.4 is 15.4 Å². The fraction of sp³-hybridized carbons (Fsp3) is 0.500. The number of pyridine rings is 2. The zero-order chi connectivity index (χ0) is 24.2. The van der Waals surface area contributed by atoms with E-state index < -0.39 is 0 Å². The van der Waals surface area contributed by atoms with Gasteiger partial charge in [-0.15, -0.1) is 0 Å². The molecule has 1 atom stereocenters. The number of piperidine rings is 1. The molecule has 2 aromatic heterocycles. The minimum absolute atomic E-state index is 0.00887. The summed E-state index contributed by atoms with van der Waals surface area (Å²) in [5, 5.41) is 6.50. The highest BCUT2D eigenvalue weighted by Crippen LogP contribution is 2.28. The summed E-state index contributed by atoms with van der Waals surface area (Å²) in [5.74, 6) is 1.58. The van der Waals surface area contributed by atoms with Gasteiger partial charge in [-0.2, -0.15) is 0 Å². The molecule has 1 unspecified atom stereocenters. The molecule has 2 aromatic rings. The number of aromatic nitrogens is 2. The first-order valence-corrected chi connectivity index (χ1v) is 13.1. The summed E-state index contributed by atoms with van der Waals surface area (Å²) in [6.07, 6.45) is 8.12. The number of rotatable bonds is 13. The second-order valence-corrected chi connectivity index (χ2v) is 8.63. The number of likely N-dealkylation sites (tertiary alicyclic amines) is 1. The van der Waals surface area contributed by atoms with Crippen molar-refractivity contribution in [3.63, 3.8) is 0 Å². The Kier molecular flexibility index (Phi) is 10.8. The number of nitrogens with one attached hydrogen (secondary N) is 2. The number of alkyl halides is 1. The Morgan fingerprint density at radius 1 is 1.26 bits per heavy atom. The zero-order valence-electron chi connectivity index (χ0n) is 19.5. The first-order chi connectivity index (χ1) is 16.6. The Morgan fingerprint density at radius 2 is 2.09 bits per heavy atom. The van der Waals surface area contributed by atoms with Gasteiger partial charge in [-0.25, -0.2) is 9.97 Å². The number of amides is 1. The van der Waals surface area contributed by atoms with Gasteiger partial charge in [0.05, 0.1) is 12.2 Å². The van der Waals surface area contributed by atoms with E-state index >= 15 is 0 Å². The van der Waals surface area contributed by atoms with Gasteiger partial charge in [0, 0.05) is 56.3 Å². The lowest BCUT2D eigenvalue weighted by Crippen LogP contribution is -2.35. The number of carbonyl (C=O) groups excluding carboxylic acids is 2. The number of nitrogens with zero attached hydrogens (tertiary/aromatic N) is 3. The van der Waals surface area contributed by atoms with Gasteiger partial charge < -0.3 is 29.8 Å². The van der Waals surface area contributed by atoms with Gasteiger partial charge in [-0.3, -0.25) is 4.79 Å². The van der Waals surface area contributed by atoms with E-state index in [-0.39, 0.29) is 11.8 Å². The van der Waals surface area contributed by atoms with Gasteiger partial charge in [-0.05, 0) is 67.3 Å². The maximum absolute atomic E-state index is 12.9. The summed E-state index contributed by atoms with van der Waals surface area (Å²) < 4.78 is 11.5. The van der Waals surface area contributed by atoms with Gasteiger partial charge in [0.25, 0.3) is 5.91 Å². The molecule has 3 heterocycles. The first kappa shape index (κ1) is 26.1. The molecule has 2 N–H and O–H groups in total. The van der Waals surface area contributed by atoms with Gasteiger partial charge >= 0.3 is 0 Å². The molecule has 3 rings (SSSR count). The van der Waals surface area contributed by atoms with Crippen LogP contribution in [0, 0.1) is 5.92 Å². The van der Waals surface area contributed by atoms with E-state index in [9.17, 15) is 9.59 Å². The van der Waals surface area contributed by atoms with Crippen molar-refractivity contribution in [3.8, 4) is 5.75 Å². The van der Waals surface area contributed by atoms with Crippen molar-refractivity contribution in [2.24, 2.45) is 5.92 Å². The number of ether oxygens (including phenoxy) is 2. The van der Waals surface area contributed by atoms with E-state index in [0.717, 1.165) is 37.9 Å². The van der Waals surface area contributed by atoms with Crippen molar-refractivity contribution in [1.82, 2.24) is 14.9 Å². The van der Waals surface area contributed by atoms with Crippen LogP contribution in [0.3, 0.4) is 0 Å². The lowest BCUT2D eigenvalue weighted by atomic mass is 10.1. The minimum atomic E-state index is -0.142. The van der Waals surface area contributed by atoms with Crippen LogP contribution in [0.15, 0.2) is 30.6 Å². The molecule has 10 heteroatoms. The van der Waals surface area contributed by atoms with Crippen LogP contribution >= 0.6 is 22.6 Å². The van der Waals surface area contributed by atoms with Crippen molar-refractivity contribution in [1.29, 1.82) is 0 Å². The number of halogens is 1. The summed E-state index contributed by atoms with van der Waals surface area (Å²) in [6.45, 7) is 5.10. The van der Waals surface area contributed by atoms with Crippen molar-refractivity contribution in [2.45, 2.75) is 32.6 Å². The summed E-state index contributed by atoms with van der Waals surface area (Å²) >= 11 is 2.12. The van der Waals surface area contributed by atoms with E-state index in [1.54, 1.807) is 18.5 Å². The maximum Gasteiger partial charge on any atom is 0.255 e. The average molecular weight is 581 g/mol. The molecule has 0 aliphatic carbocycles. The lowest BCUT2D eigenvalue weighted by molar-refractivity contribution is -0.112. The molecule has 1 aliphatic rings. The predicted octanol–water partition coefficient (Wildman–Crippen LogP) is 4.27. The molecule has 0 bridgehead atoms. The molecule has 0 radical (unpaired) electrons. The van der Waals surface area contributed by atoms with Crippen LogP contribution in [-0.2, 0) is 9.53 Å². The van der Waals surface area contributed by atoms with Gasteiger partial charge in [0.2, 0.25) is 0 Å².